The molecule has 0 aliphatic heterocycles. The van der Waals surface area contributed by atoms with Crippen LogP contribution in [-0.2, 0) is 6.42 Å². The quantitative estimate of drug-likeness (QED) is 0.705. The summed E-state index contributed by atoms with van der Waals surface area (Å²) >= 11 is 0. The van der Waals surface area contributed by atoms with Gasteiger partial charge in [0.15, 0.2) is 0 Å². The van der Waals surface area contributed by atoms with Crippen molar-refractivity contribution < 1.29 is 4.42 Å². The fraction of sp³-hybridized carbons (Fsp3) is 0.500. The fourth-order valence-electron chi connectivity index (χ4n) is 1.40. The fourth-order valence-corrected chi connectivity index (χ4v) is 1.40. The number of nitrogens with two attached hydrogens (primary N) is 1. The number of furan rings is 1. The van der Waals surface area contributed by atoms with Crippen LogP contribution in [-0.4, -0.2) is 6.04 Å². The highest BCUT2D eigenvalue weighted by Gasteiger charge is 2.05. The highest BCUT2D eigenvalue weighted by Crippen LogP contribution is 2.11. The van der Waals surface area contributed by atoms with Crippen LogP contribution in [0.4, 0.5) is 0 Å². The molecule has 0 saturated carbocycles. The second kappa shape index (κ2) is 5.66. The Labute approximate surface area is 85.8 Å². The molecular weight excluding hydrogens is 174 g/mol. The van der Waals surface area contributed by atoms with Gasteiger partial charge in [-0.2, -0.15) is 0 Å². The SMILES string of the molecule is C=C(CC)CC(N)CCc1ccco1. The number of aryl methyl sites for hydroxylation is 1. The molecule has 0 fully saturated rings. The summed E-state index contributed by atoms with van der Waals surface area (Å²) in [6, 6.07) is 4.11. The van der Waals surface area contributed by atoms with E-state index in [2.05, 4.69) is 13.5 Å². The average Bonchev–Trinajstić information content (AvgIpc) is 2.67. The van der Waals surface area contributed by atoms with Crippen LogP contribution in [0.1, 0.15) is 31.9 Å². The molecule has 1 aromatic rings. The summed E-state index contributed by atoms with van der Waals surface area (Å²) in [5.41, 5.74) is 7.20. The first-order valence-electron chi connectivity index (χ1n) is 5.17. The summed E-state index contributed by atoms with van der Waals surface area (Å²) < 4.78 is 5.24. The molecule has 1 rings (SSSR count). The summed E-state index contributed by atoms with van der Waals surface area (Å²) in [5.74, 6) is 1.02. The molecule has 0 aliphatic carbocycles. The molecule has 1 atom stereocenters. The van der Waals surface area contributed by atoms with Crippen molar-refractivity contribution in [3.8, 4) is 0 Å². The molecule has 1 heterocycles. The summed E-state index contributed by atoms with van der Waals surface area (Å²) in [4.78, 5) is 0. The van der Waals surface area contributed by atoms with E-state index >= 15 is 0 Å². The highest BCUT2D eigenvalue weighted by molar-refractivity contribution is 5.00. The molecule has 1 aromatic heterocycles. The first-order valence-corrected chi connectivity index (χ1v) is 5.17. The van der Waals surface area contributed by atoms with E-state index in [-0.39, 0.29) is 6.04 Å². The Kier molecular flexibility index (Phi) is 4.47. The van der Waals surface area contributed by atoms with Gasteiger partial charge < -0.3 is 10.2 Å². The number of rotatable bonds is 6. The third kappa shape index (κ3) is 3.79. The molecule has 0 spiro atoms. The predicted molar refractivity (Wildman–Crippen MR) is 59.1 cm³/mol. The van der Waals surface area contributed by atoms with Gasteiger partial charge in [0.1, 0.15) is 5.76 Å². The van der Waals surface area contributed by atoms with Crippen molar-refractivity contribution in [1.29, 1.82) is 0 Å². The number of hydrogen-bond acceptors (Lipinski definition) is 2. The molecule has 2 nitrogen and oxygen atoms in total. The molecule has 0 amide bonds. The minimum absolute atomic E-state index is 0.215. The molecule has 0 aromatic carbocycles. The molecule has 14 heavy (non-hydrogen) atoms. The molecular formula is C12H19NO. The van der Waals surface area contributed by atoms with E-state index in [1.165, 1.54) is 5.57 Å². The van der Waals surface area contributed by atoms with Crippen molar-refractivity contribution in [2.75, 3.05) is 0 Å². The zero-order chi connectivity index (χ0) is 10.4. The van der Waals surface area contributed by atoms with Gasteiger partial charge in [-0.1, -0.05) is 19.1 Å². The van der Waals surface area contributed by atoms with Crippen molar-refractivity contribution in [2.24, 2.45) is 5.73 Å². The topological polar surface area (TPSA) is 39.2 Å². The minimum atomic E-state index is 0.215. The monoisotopic (exact) mass is 193 g/mol. The molecule has 0 saturated heterocycles. The van der Waals surface area contributed by atoms with Gasteiger partial charge in [0.25, 0.3) is 0 Å². The zero-order valence-electron chi connectivity index (χ0n) is 8.83. The minimum Gasteiger partial charge on any atom is -0.469 e. The standard InChI is InChI=1S/C12H19NO/c1-3-10(2)9-11(13)6-7-12-5-4-8-14-12/h4-5,8,11H,2-3,6-7,9,13H2,1H3. The predicted octanol–water partition coefficient (Wildman–Crippen LogP) is 2.90. The van der Waals surface area contributed by atoms with Crippen LogP contribution < -0.4 is 5.73 Å². The van der Waals surface area contributed by atoms with Crippen LogP contribution in [0.3, 0.4) is 0 Å². The van der Waals surface area contributed by atoms with Crippen LogP contribution in [0.2, 0.25) is 0 Å². The molecule has 2 N–H and O–H groups in total. The molecule has 1 unspecified atom stereocenters. The van der Waals surface area contributed by atoms with E-state index in [0.29, 0.717) is 0 Å². The Balaban J connectivity index is 2.21. The summed E-state index contributed by atoms with van der Waals surface area (Å²) in [7, 11) is 0. The largest absolute Gasteiger partial charge is 0.469 e. The highest BCUT2D eigenvalue weighted by atomic mass is 16.3. The van der Waals surface area contributed by atoms with Crippen LogP contribution in [0.15, 0.2) is 35.0 Å². The molecule has 78 valence electrons. The molecule has 0 aliphatic rings. The van der Waals surface area contributed by atoms with Crippen LogP contribution in [0.5, 0.6) is 0 Å². The smallest absolute Gasteiger partial charge is 0.103 e. The lowest BCUT2D eigenvalue weighted by atomic mass is 10.0. The molecule has 2 heteroatoms. The van der Waals surface area contributed by atoms with E-state index in [1.807, 2.05) is 12.1 Å². The maximum absolute atomic E-state index is 5.96. The number of hydrogen-bond donors (Lipinski definition) is 1. The van der Waals surface area contributed by atoms with Gasteiger partial charge in [0.2, 0.25) is 0 Å². The van der Waals surface area contributed by atoms with Gasteiger partial charge in [0.05, 0.1) is 6.26 Å². The molecule has 0 radical (unpaired) electrons. The van der Waals surface area contributed by atoms with Gasteiger partial charge in [0, 0.05) is 12.5 Å². The van der Waals surface area contributed by atoms with Crippen LogP contribution in [0, 0.1) is 0 Å². The van der Waals surface area contributed by atoms with Crippen molar-refractivity contribution in [2.45, 2.75) is 38.6 Å². The Hall–Kier alpha value is -1.02. The van der Waals surface area contributed by atoms with E-state index in [1.54, 1.807) is 6.26 Å². The van der Waals surface area contributed by atoms with Crippen LogP contribution >= 0.6 is 0 Å². The van der Waals surface area contributed by atoms with Crippen molar-refractivity contribution >= 4 is 0 Å². The second-order valence-corrected chi connectivity index (χ2v) is 3.69. The Morgan fingerprint density at radius 3 is 3.00 bits per heavy atom. The Bertz CT molecular complexity index is 264. The van der Waals surface area contributed by atoms with E-state index in [9.17, 15) is 0 Å². The van der Waals surface area contributed by atoms with Crippen molar-refractivity contribution in [1.82, 2.24) is 0 Å². The Morgan fingerprint density at radius 1 is 1.64 bits per heavy atom. The summed E-state index contributed by atoms with van der Waals surface area (Å²) in [6.07, 6.45) is 5.54. The third-order valence-corrected chi connectivity index (χ3v) is 2.39. The van der Waals surface area contributed by atoms with Gasteiger partial charge in [-0.05, 0) is 31.4 Å². The Morgan fingerprint density at radius 2 is 2.43 bits per heavy atom. The van der Waals surface area contributed by atoms with Gasteiger partial charge in [-0.15, -0.1) is 0 Å². The van der Waals surface area contributed by atoms with E-state index in [4.69, 9.17) is 10.2 Å². The normalized spacial score (nSPS) is 12.7. The molecule has 0 bridgehead atoms. The maximum atomic E-state index is 5.96. The third-order valence-electron chi connectivity index (χ3n) is 2.39. The zero-order valence-corrected chi connectivity index (χ0v) is 8.83. The average molecular weight is 193 g/mol. The lowest BCUT2D eigenvalue weighted by molar-refractivity contribution is 0.483. The summed E-state index contributed by atoms with van der Waals surface area (Å²) in [5, 5.41) is 0. The second-order valence-electron chi connectivity index (χ2n) is 3.69. The van der Waals surface area contributed by atoms with Crippen LogP contribution in [0.25, 0.3) is 0 Å². The first-order chi connectivity index (χ1) is 6.72. The van der Waals surface area contributed by atoms with Gasteiger partial charge in [-0.25, -0.2) is 0 Å². The van der Waals surface area contributed by atoms with Gasteiger partial charge >= 0.3 is 0 Å². The summed E-state index contributed by atoms with van der Waals surface area (Å²) in [6.45, 7) is 6.07. The lowest BCUT2D eigenvalue weighted by Gasteiger charge is -2.11. The first kappa shape index (κ1) is 11.1. The maximum Gasteiger partial charge on any atom is 0.103 e. The van der Waals surface area contributed by atoms with E-state index < -0.39 is 0 Å². The van der Waals surface area contributed by atoms with E-state index in [0.717, 1.165) is 31.4 Å². The van der Waals surface area contributed by atoms with Crippen molar-refractivity contribution in [3.05, 3.63) is 36.3 Å². The lowest BCUT2D eigenvalue weighted by Crippen LogP contribution is -2.21. The van der Waals surface area contributed by atoms with Gasteiger partial charge in [-0.3, -0.25) is 0 Å². The van der Waals surface area contributed by atoms with Crippen molar-refractivity contribution in [3.63, 3.8) is 0 Å².